The number of carboxylic acid groups (broad SMARTS) is 1. The van der Waals surface area contributed by atoms with Crippen LogP contribution in [0.2, 0.25) is 0 Å². The Labute approximate surface area is 72.7 Å². The molecule has 6 heteroatoms. The second-order valence-electron chi connectivity index (χ2n) is 2.61. The van der Waals surface area contributed by atoms with Crippen molar-refractivity contribution in [1.29, 1.82) is 0 Å². The number of nitrogens with zero attached hydrogens (tertiary/aromatic N) is 2. The predicted molar refractivity (Wildman–Crippen MR) is 44.1 cm³/mol. The van der Waals surface area contributed by atoms with E-state index in [1.807, 2.05) is 0 Å². The fraction of sp³-hybridized carbons (Fsp3) is 0.286. The molecule has 0 aromatic carbocycles. The minimum atomic E-state index is -1.40. The van der Waals surface area contributed by atoms with E-state index in [4.69, 9.17) is 5.11 Å². The van der Waals surface area contributed by atoms with Crippen LogP contribution in [0.1, 0.15) is 5.56 Å². The van der Waals surface area contributed by atoms with Crippen molar-refractivity contribution in [1.82, 2.24) is 9.13 Å². The number of aryl methyl sites for hydroxylation is 1. The molecule has 0 saturated heterocycles. The van der Waals surface area contributed by atoms with Gasteiger partial charge in [0.1, 0.15) is 0 Å². The number of aromatic nitrogens is 2. The molecule has 0 fully saturated rings. The zero-order valence-electron chi connectivity index (χ0n) is 7.14. The first-order chi connectivity index (χ1) is 5.95. The van der Waals surface area contributed by atoms with Crippen molar-refractivity contribution in [3.05, 3.63) is 32.6 Å². The summed E-state index contributed by atoms with van der Waals surface area (Å²) < 4.78 is 1.22. The molecular weight excluding hydrogens is 176 g/mol. The molecule has 0 saturated carbocycles. The molecule has 0 spiro atoms. The van der Waals surface area contributed by atoms with Gasteiger partial charge >= 0.3 is 11.8 Å². The van der Waals surface area contributed by atoms with Crippen molar-refractivity contribution >= 4 is 6.09 Å². The average molecular weight is 184 g/mol. The number of hydrogen-bond donors (Lipinski definition) is 1. The highest BCUT2D eigenvalue weighted by Gasteiger charge is 2.09. The Morgan fingerprint density at radius 3 is 2.46 bits per heavy atom. The molecule has 0 atom stereocenters. The van der Waals surface area contributed by atoms with E-state index in [1.54, 1.807) is 0 Å². The molecule has 1 heterocycles. The maximum Gasteiger partial charge on any atom is 0.419 e. The van der Waals surface area contributed by atoms with Gasteiger partial charge in [0.2, 0.25) is 0 Å². The van der Waals surface area contributed by atoms with Crippen LogP contribution in [0.15, 0.2) is 15.8 Å². The number of rotatable bonds is 0. The van der Waals surface area contributed by atoms with Crippen LogP contribution in [0.25, 0.3) is 0 Å². The zero-order valence-corrected chi connectivity index (χ0v) is 7.14. The van der Waals surface area contributed by atoms with Gasteiger partial charge in [0.05, 0.1) is 0 Å². The van der Waals surface area contributed by atoms with E-state index in [9.17, 15) is 14.4 Å². The molecule has 0 amide bonds. The molecule has 0 unspecified atom stereocenters. The van der Waals surface area contributed by atoms with Gasteiger partial charge in [0, 0.05) is 18.8 Å². The molecule has 6 nitrogen and oxygen atoms in total. The highest BCUT2D eigenvalue weighted by Crippen LogP contribution is 1.84. The van der Waals surface area contributed by atoms with Crippen molar-refractivity contribution in [3.63, 3.8) is 0 Å². The normalized spacial score (nSPS) is 10.0. The summed E-state index contributed by atoms with van der Waals surface area (Å²) in [5.41, 5.74) is -1.13. The molecule has 13 heavy (non-hydrogen) atoms. The van der Waals surface area contributed by atoms with Crippen LogP contribution in [0.5, 0.6) is 0 Å². The maximum absolute atomic E-state index is 11.1. The summed E-state index contributed by atoms with van der Waals surface area (Å²) in [4.78, 5) is 32.7. The molecule has 1 aromatic heterocycles. The quantitative estimate of drug-likeness (QED) is 0.582. The second-order valence-corrected chi connectivity index (χ2v) is 2.61. The number of hydrogen-bond acceptors (Lipinski definition) is 3. The van der Waals surface area contributed by atoms with Crippen molar-refractivity contribution in [2.75, 3.05) is 0 Å². The summed E-state index contributed by atoms with van der Waals surface area (Å²) in [6.45, 7) is 1.45. The van der Waals surface area contributed by atoms with Gasteiger partial charge in [-0.1, -0.05) is 0 Å². The molecule has 1 aromatic rings. The van der Waals surface area contributed by atoms with Gasteiger partial charge in [-0.25, -0.2) is 14.2 Å². The second kappa shape index (κ2) is 2.89. The summed E-state index contributed by atoms with van der Waals surface area (Å²) in [6.07, 6.45) is -0.392. The van der Waals surface area contributed by atoms with E-state index in [0.717, 1.165) is 10.8 Å². The molecule has 0 radical (unpaired) electrons. The lowest BCUT2D eigenvalue weighted by Gasteiger charge is -2.02. The first-order valence-electron chi connectivity index (χ1n) is 3.47. The van der Waals surface area contributed by atoms with Gasteiger partial charge in [-0.05, 0) is 6.92 Å². The molecule has 70 valence electrons. The van der Waals surface area contributed by atoms with Gasteiger partial charge in [-0.15, -0.1) is 0 Å². The van der Waals surface area contributed by atoms with Crippen LogP contribution in [-0.4, -0.2) is 20.3 Å². The standard InChI is InChI=1S/C7H8N2O4/c1-4-3-9(7(12)13)6(11)8(2)5(4)10/h3H,1-2H3,(H,12,13). The first-order valence-corrected chi connectivity index (χ1v) is 3.47. The van der Waals surface area contributed by atoms with Gasteiger partial charge in [0.25, 0.3) is 5.56 Å². The summed E-state index contributed by atoms with van der Waals surface area (Å²) in [5.74, 6) is 0. The lowest BCUT2D eigenvalue weighted by Crippen LogP contribution is -2.40. The Hall–Kier alpha value is -1.85. The van der Waals surface area contributed by atoms with Crippen molar-refractivity contribution in [2.45, 2.75) is 6.92 Å². The van der Waals surface area contributed by atoms with Crippen molar-refractivity contribution in [2.24, 2.45) is 7.05 Å². The van der Waals surface area contributed by atoms with Crippen LogP contribution >= 0.6 is 0 Å². The Morgan fingerprint density at radius 1 is 1.46 bits per heavy atom. The van der Waals surface area contributed by atoms with Crippen LogP contribution in [-0.2, 0) is 7.05 Å². The molecule has 0 aliphatic carbocycles. The fourth-order valence-electron chi connectivity index (χ4n) is 0.954. The van der Waals surface area contributed by atoms with E-state index in [-0.39, 0.29) is 5.56 Å². The van der Waals surface area contributed by atoms with Gasteiger partial charge < -0.3 is 5.11 Å². The SMILES string of the molecule is Cc1cn(C(=O)O)c(=O)n(C)c1=O. The zero-order chi connectivity index (χ0) is 10.2. The summed E-state index contributed by atoms with van der Waals surface area (Å²) in [5, 5.41) is 8.55. The predicted octanol–water partition coefficient (Wildman–Crippen LogP) is -0.618. The van der Waals surface area contributed by atoms with E-state index >= 15 is 0 Å². The van der Waals surface area contributed by atoms with Crippen molar-refractivity contribution < 1.29 is 9.90 Å². The Balaban J connectivity index is 3.70. The van der Waals surface area contributed by atoms with E-state index in [0.29, 0.717) is 4.57 Å². The first kappa shape index (κ1) is 9.24. The Kier molecular flexibility index (Phi) is 2.05. The lowest BCUT2D eigenvalue weighted by atomic mass is 10.4. The summed E-state index contributed by atoms with van der Waals surface area (Å²) in [7, 11) is 1.23. The third kappa shape index (κ3) is 1.37. The van der Waals surface area contributed by atoms with Crippen LogP contribution in [0.3, 0.4) is 0 Å². The van der Waals surface area contributed by atoms with Crippen molar-refractivity contribution in [3.8, 4) is 0 Å². The minimum absolute atomic E-state index is 0.213. The Bertz CT molecular complexity index is 468. The third-order valence-electron chi connectivity index (χ3n) is 1.66. The molecule has 1 N–H and O–H groups in total. The lowest BCUT2D eigenvalue weighted by molar-refractivity contribution is 0.194. The Morgan fingerprint density at radius 2 is 2.00 bits per heavy atom. The minimum Gasteiger partial charge on any atom is -0.464 e. The van der Waals surface area contributed by atoms with E-state index in [2.05, 4.69) is 0 Å². The fourth-order valence-corrected chi connectivity index (χ4v) is 0.954. The average Bonchev–Trinajstić information content (AvgIpc) is 2.07. The number of carbonyl (C=O) groups is 1. The maximum atomic E-state index is 11.1. The van der Waals surface area contributed by atoms with Crippen LogP contribution < -0.4 is 11.2 Å². The van der Waals surface area contributed by atoms with Gasteiger partial charge in [-0.2, -0.15) is 0 Å². The van der Waals surface area contributed by atoms with Gasteiger partial charge in [0.15, 0.2) is 0 Å². The molecule has 0 aliphatic heterocycles. The monoisotopic (exact) mass is 184 g/mol. The molecular formula is C7H8N2O4. The molecule has 0 bridgehead atoms. The summed E-state index contributed by atoms with van der Waals surface area (Å²) in [6, 6.07) is 0. The van der Waals surface area contributed by atoms with Crippen LogP contribution in [0, 0.1) is 6.92 Å². The van der Waals surface area contributed by atoms with E-state index < -0.39 is 17.3 Å². The van der Waals surface area contributed by atoms with Gasteiger partial charge in [-0.3, -0.25) is 9.36 Å². The van der Waals surface area contributed by atoms with Crippen LogP contribution in [0.4, 0.5) is 4.79 Å². The largest absolute Gasteiger partial charge is 0.464 e. The topological polar surface area (TPSA) is 81.3 Å². The summed E-state index contributed by atoms with van der Waals surface area (Å²) >= 11 is 0. The molecule has 0 aliphatic rings. The smallest absolute Gasteiger partial charge is 0.419 e. The third-order valence-corrected chi connectivity index (χ3v) is 1.66. The highest BCUT2D eigenvalue weighted by atomic mass is 16.4. The highest BCUT2D eigenvalue weighted by molar-refractivity contribution is 5.67. The molecule has 1 rings (SSSR count). The van der Waals surface area contributed by atoms with E-state index in [1.165, 1.54) is 14.0 Å².